The molecule has 0 radical (unpaired) electrons. The number of ether oxygens (including phenoxy) is 2. The zero-order chi connectivity index (χ0) is 19.2. The number of aromatic amines is 1. The molecule has 0 unspecified atom stereocenters. The van der Waals surface area contributed by atoms with Gasteiger partial charge in [-0.05, 0) is 37.3 Å². The van der Waals surface area contributed by atoms with Gasteiger partial charge in [-0.15, -0.1) is 0 Å². The molecule has 27 heavy (non-hydrogen) atoms. The predicted octanol–water partition coefficient (Wildman–Crippen LogP) is 2.64. The smallest absolute Gasteiger partial charge is 0.289 e. The highest BCUT2D eigenvalue weighted by Gasteiger charge is 2.15. The topological polar surface area (TPSA) is 101 Å². The second-order valence-corrected chi connectivity index (χ2v) is 5.61. The van der Waals surface area contributed by atoms with E-state index in [0.29, 0.717) is 28.5 Å². The maximum absolute atomic E-state index is 12.3. The first-order valence-corrected chi connectivity index (χ1v) is 8.15. The third-order valence-electron chi connectivity index (χ3n) is 3.91. The molecule has 1 aromatic carbocycles. The quantitative estimate of drug-likeness (QED) is 0.516. The van der Waals surface area contributed by atoms with Gasteiger partial charge in [-0.2, -0.15) is 10.2 Å². The number of aromatic nitrogens is 3. The second-order valence-electron chi connectivity index (χ2n) is 5.61. The minimum Gasteiger partial charge on any atom is -0.497 e. The molecule has 138 valence electrons. The van der Waals surface area contributed by atoms with Crippen molar-refractivity contribution >= 4 is 11.6 Å². The number of benzene rings is 1. The molecule has 0 aliphatic carbocycles. The van der Waals surface area contributed by atoms with Crippen molar-refractivity contribution < 1.29 is 14.3 Å². The highest BCUT2D eigenvalue weighted by Crippen LogP contribution is 2.32. The fourth-order valence-corrected chi connectivity index (χ4v) is 2.43. The summed E-state index contributed by atoms with van der Waals surface area (Å²) < 4.78 is 10.6. The summed E-state index contributed by atoms with van der Waals surface area (Å²) in [6.45, 7) is 1.79. The first-order chi connectivity index (χ1) is 13.1. The molecular weight excluding hydrogens is 346 g/mol. The van der Waals surface area contributed by atoms with Gasteiger partial charge in [0.15, 0.2) is 0 Å². The molecule has 0 aliphatic heterocycles. The van der Waals surface area contributed by atoms with Gasteiger partial charge >= 0.3 is 0 Å². The van der Waals surface area contributed by atoms with Crippen molar-refractivity contribution in [2.45, 2.75) is 6.92 Å². The van der Waals surface area contributed by atoms with Gasteiger partial charge < -0.3 is 9.47 Å². The lowest BCUT2D eigenvalue weighted by Gasteiger charge is -2.08. The summed E-state index contributed by atoms with van der Waals surface area (Å²) in [5, 5.41) is 11.0. The van der Waals surface area contributed by atoms with Gasteiger partial charge in [-0.25, -0.2) is 5.43 Å². The van der Waals surface area contributed by atoms with Gasteiger partial charge in [0.2, 0.25) is 0 Å². The van der Waals surface area contributed by atoms with Crippen LogP contribution in [0.4, 0.5) is 0 Å². The zero-order valence-electron chi connectivity index (χ0n) is 15.2. The van der Waals surface area contributed by atoms with Gasteiger partial charge in [0, 0.05) is 23.5 Å². The van der Waals surface area contributed by atoms with Crippen LogP contribution in [0.2, 0.25) is 0 Å². The number of carbonyl (C=O) groups excluding carboxylic acids is 1. The molecule has 0 atom stereocenters. The van der Waals surface area contributed by atoms with Crippen molar-refractivity contribution in [3.63, 3.8) is 0 Å². The molecule has 0 spiro atoms. The Kier molecular flexibility index (Phi) is 5.46. The van der Waals surface area contributed by atoms with E-state index in [1.165, 1.54) is 0 Å². The molecule has 0 bridgehead atoms. The van der Waals surface area contributed by atoms with Crippen molar-refractivity contribution in [2.75, 3.05) is 14.2 Å². The third-order valence-corrected chi connectivity index (χ3v) is 3.91. The molecule has 1 amide bonds. The Hall–Kier alpha value is -3.68. The first kappa shape index (κ1) is 18.1. The molecule has 3 aromatic rings. The van der Waals surface area contributed by atoms with E-state index in [2.05, 4.69) is 25.7 Å². The van der Waals surface area contributed by atoms with Crippen LogP contribution in [-0.4, -0.2) is 41.0 Å². The van der Waals surface area contributed by atoms with Crippen LogP contribution in [0.3, 0.4) is 0 Å². The minimum absolute atomic E-state index is 0.276. The average Bonchev–Trinajstić information content (AvgIpc) is 3.22. The summed E-state index contributed by atoms with van der Waals surface area (Å²) in [6.07, 6.45) is 3.35. The summed E-state index contributed by atoms with van der Waals surface area (Å²) in [5.41, 5.74) is 5.52. The zero-order valence-corrected chi connectivity index (χ0v) is 15.2. The molecule has 0 saturated heterocycles. The van der Waals surface area contributed by atoms with E-state index in [9.17, 15) is 4.79 Å². The van der Waals surface area contributed by atoms with Gasteiger partial charge in [0.25, 0.3) is 5.91 Å². The van der Waals surface area contributed by atoms with Crippen molar-refractivity contribution in [2.24, 2.45) is 5.10 Å². The summed E-state index contributed by atoms with van der Waals surface area (Å²) in [5.74, 6) is 0.884. The number of hydrogen-bond donors (Lipinski definition) is 2. The van der Waals surface area contributed by atoms with Crippen LogP contribution >= 0.6 is 0 Å². The molecule has 0 aliphatic rings. The number of methoxy groups -OCH3 is 2. The summed E-state index contributed by atoms with van der Waals surface area (Å²) >= 11 is 0. The highest BCUT2D eigenvalue weighted by atomic mass is 16.5. The van der Waals surface area contributed by atoms with Crippen LogP contribution in [0.1, 0.15) is 23.0 Å². The fourth-order valence-electron chi connectivity index (χ4n) is 2.43. The van der Waals surface area contributed by atoms with E-state index in [1.54, 1.807) is 63.9 Å². The molecule has 8 heteroatoms. The van der Waals surface area contributed by atoms with Crippen LogP contribution in [-0.2, 0) is 0 Å². The number of hydrogen-bond acceptors (Lipinski definition) is 6. The summed E-state index contributed by atoms with van der Waals surface area (Å²) in [6, 6.07) is 10.7. The normalized spacial score (nSPS) is 11.1. The Morgan fingerprint density at radius 1 is 1.19 bits per heavy atom. The van der Waals surface area contributed by atoms with E-state index < -0.39 is 5.91 Å². The van der Waals surface area contributed by atoms with Gasteiger partial charge in [-0.1, -0.05) is 6.07 Å². The number of amides is 1. The number of H-pyrrole nitrogens is 1. The molecule has 0 saturated carbocycles. The van der Waals surface area contributed by atoms with Crippen LogP contribution in [0.5, 0.6) is 11.5 Å². The summed E-state index contributed by atoms with van der Waals surface area (Å²) in [4.78, 5) is 16.4. The second kappa shape index (κ2) is 8.13. The predicted molar refractivity (Wildman–Crippen MR) is 101 cm³/mol. The first-order valence-electron chi connectivity index (χ1n) is 8.15. The van der Waals surface area contributed by atoms with Crippen LogP contribution < -0.4 is 14.9 Å². The lowest BCUT2D eigenvalue weighted by molar-refractivity contribution is 0.0950. The molecule has 2 N–H and O–H groups in total. The largest absolute Gasteiger partial charge is 0.497 e. The Morgan fingerprint density at radius 2 is 2.04 bits per heavy atom. The van der Waals surface area contributed by atoms with E-state index in [1.807, 2.05) is 6.07 Å². The molecule has 2 aromatic heterocycles. The Bertz CT molecular complexity index is 966. The van der Waals surface area contributed by atoms with E-state index >= 15 is 0 Å². The molecule has 0 fully saturated rings. The lowest BCUT2D eigenvalue weighted by atomic mass is 10.1. The van der Waals surface area contributed by atoms with Gasteiger partial charge in [0.1, 0.15) is 17.2 Å². The Balaban J connectivity index is 1.79. The SMILES string of the molecule is COc1ccc(OC)c(-c2cc(C(=O)NN=C(C)c3cccnc3)[nH]n2)c1. The monoisotopic (exact) mass is 365 g/mol. The van der Waals surface area contributed by atoms with Crippen molar-refractivity contribution in [1.82, 2.24) is 20.6 Å². The maximum Gasteiger partial charge on any atom is 0.289 e. The number of rotatable bonds is 6. The molecule has 2 heterocycles. The van der Waals surface area contributed by atoms with E-state index in [4.69, 9.17) is 9.47 Å². The van der Waals surface area contributed by atoms with Crippen molar-refractivity contribution in [3.05, 3.63) is 60.0 Å². The third kappa shape index (κ3) is 4.12. The number of hydrazone groups is 1. The molecular formula is C19H19N5O3. The standard InChI is InChI=1S/C19H19N5O3/c1-12(13-5-4-8-20-11-13)21-24-19(25)17-10-16(22-23-17)15-9-14(26-2)6-7-18(15)27-3/h4-11H,1-3H3,(H,22,23)(H,24,25). The molecule has 3 rings (SSSR count). The van der Waals surface area contributed by atoms with Crippen molar-refractivity contribution in [3.8, 4) is 22.8 Å². The highest BCUT2D eigenvalue weighted by molar-refractivity contribution is 6.00. The van der Waals surface area contributed by atoms with Gasteiger partial charge in [0.05, 0.1) is 25.6 Å². The molecule has 8 nitrogen and oxygen atoms in total. The maximum atomic E-state index is 12.3. The summed E-state index contributed by atoms with van der Waals surface area (Å²) in [7, 11) is 3.15. The average molecular weight is 365 g/mol. The number of nitrogens with zero attached hydrogens (tertiary/aromatic N) is 3. The van der Waals surface area contributed by atoms with Crippen molar-refractivity contribution in [1.29, 1.82) is 0 Å². The minimum atomic E-state index is -0.404. The van der Waals surface area contributed by atoms with Gasteiger partial charge in [-0.3, -0.25) is 14.9 Å². The Morgan fingerprint density at radius 3 is 2.74 bits per heavy atom. The Labute approximate surface area is 156 Å². The van der Waals surface area contributed by atoms with Crippen LogP contribution in [0.25, 0.3) is 11.3 Å². The number of pyridine rings is 1. The van der Waals surface area contributed by atoms with Crippen LogP contribution in [0.15, 0.2) is 53.9 Å². The van der Waals surface area contributed by atoms with E-state index in [0.717, 1.165) is 5.56 Å². The lowest BCUT2D eigenvalue weighted by Crippen LogP contribution is -2.19. The number of nitrogens with one attached hydrogen (secondary N) is 2. The van der Waals surface area contributed by atoms with E-state index in [-0.39, 0.29) is 5.69 Å². The number of carbonyl (C=O) groups is 1. The van der Waals surface area contributed by atoms with Crippen LogP contribution in [0, 0.1) is 0 Å². The fraction of sp³-hybridized carbons (Fsp3) is 0.158.